The lowest BCUT2D eigenvalue weighted by Crippen LogP contribution is -2.28. The molecule has 0 aliphatic heterocycles. The summed E-state index contributed by atoms with van der Waals surface area (Å²) in [7, 11) is 0. The van der Waals surface area contributed by atoms with Gasteiger partial charge in [0.1, 0.15) is 0 Å². The van der Waals surface area contributed by atoms with Crippen LogP contribution in [0.15, 0.2) is 0 Å². The van der Waals surface area contributed by atoms with Crippen LogP contribution in [0.4, 0.5) is 8.78 Å². The smallest absolute Gasteiger partial charge is 0.255 e. The lowest BCUT2D eigenvalue weighted by molar-refractivity contribution is -0.119. The molecule has 0 aromatic heterocycles. The zero-order valence-corrected chi connectivity index (χ0v) is 5.89. The molecule has 0 spiro atoms. The van der Waals surface area contributed by atoms with Crippen molar-refractivity contribution < 1.29 is 13.6 Å². The fourth-order valence-corrected chi connectivity index (χ4v) is 0.652. The second-order valence-corrected chi connectivity index (χ2v) is 1.99. The van der Waals surface area contributed by atoms with E-state index in [-0.39, 0.29) is 0 Å². The number of hydrogen-bond donors (Lipinski definition) is 0. The van der Waals surface area contributed by atoms with Crippen LogP contribution < -0.4 is 0 Å². The van der Waals surface area contributed by atoms with Gasteiger partial charge in [-0.3, -0.25) is 4.79 Å². The molecule has 0 aromatic rings. The molecule has 0 N–H and O–H groups in total. The summed E-state index contributed by atoms with van der Waals surface area (Å²) in [6.07, 6.45) is -1.25. The topological polar surface area (TPSA) is 20.3 Å². The van der Waals surface area contributed by atoms with Crippen LogP contribution in [0.3, 0.4) is 0 Å². The van der Waals surface area contributed by atoms with Gasteiger partial charge in [-0.25, -0.2) is 8.78 Å². The molecule has 2 nitrogen and oxygen atoms in total. The maximum Gasteiger partial charge on any atom is 0.255 e. The van der Waals surface area contributed by atoms with E-state index in [9.17, 15) is 13.6 Å². The van der Waals surface area contributed by atoms with Gasteiger partial charge >= 0.3 is 0 Å². The first kappa shape index (κ1) is 9.33. The van der Waals surface area contributed by atoms with Gasteiger partial charge in [-0.05, 0) is 6.42 Å². The van der Waals surface area contributed by atoms with E-state index in [1.165, 1.54) is 0 Å². The van der Waals surface area contributed by atoms with Crippen molar-refractivity contribution in [1.29, 1.82) is 0 Å². The highest BCUT2D eigenvalue weighted by Gasteiger charge is 2.07. The quantitative estimate of drug-likeness (QED) is 0.539. The summed E-state index contributed by atoms with van der Waals surface area (Å²) in [5, 5.41) is 0. The van der Waals surface area contributed by atoms with Crippen molar-refractivity contribution in [1.82, 2.24) is 4.90 Å². The van der Waals surface area contributed by atoms with E-state index in [1.807, 2.05) is 6.92 Å². The molecule has 0 saturated heterocycles. The van der Waals surface area contributed by atoms with Gasteiger partial charge < -0.3 is 4.90 Å². The highest BCUT2D eigenvalue weighted by molar-refractivity contribution is 5.46. The summed E-state index contributed by atoms with van der Waals surface area (Å²) in [6, 6.07) is 0. The number of amides is 1. The highest BCUT2D eigenvalue weighted by atomic mass is 19.3. The summed E-state index contributed by atoms with van der Waals surface area (Å²) >= 11 is 0. The fourth-order valence-electron chi connectivity index (χ4n) is 0.652. The average Bonchev–Trinajstić information content (AvgIpc) is 1.86. The molecule has 0 unspecified atom stereocenters. The molecule has 60 valence electrons. The van der Waals surface area contributed by atoms with Gasteiger partial charge in [0.25, 0.3) is 6.43 Å². The summed E-state index contributed by atoms with van der Waals surface area (Å²) in [6.45, 7) is 1.80. The number of carbonyl (C=O) groups excluding carboxylic acids is 1. The van der Waals surface area contributed by atoms with E-state index in [2.05, 4.69) is 0 Å². The Hall–Kier alpha value is -0.670. The van der Waals surface area contributed by atoms with Crippen molar-refractivity contribution >= 4 is 6.41 Å². The van der Waals surface area contributed by atoms with E-state index in [0.29, 0.717) is 19.4 Å². The average molecular weight is 151 g/mol. The molecule has 0 bridgehead atoms. The van der Waals surface area contributed by atoms with Crippen molar-refractivity contribution in [2.45, 2.75) is 19.8 Å². The minimum Gasteiger partial charge on any atom is -0.340 e. The lowest BCUT2D eigenvalue weighted by Gasteiger charge is -2.14. The Morgan fingerprint density at radius 3 is 2.50 bits per heavy atom. The molecule has 10 heavy (non-hydrogen) atoms. The van der Waals surface area contributed by atoms with Crippen LogP contribution in [-0.4, -0.2) is 30.8 Å². The van der Waals surface area contributed by atoms with Gasteiger partial charge in [0.2, 0.25) is 6.41 Å². The molecule has 1 amide bonds. The SMILES string of the molecule is CCCN(C=O)CC(F)F. The molecule has 0 fully saturated rings. The van der Waals surface area contributed by atoms with Crippen molar-refractivity contribution in [3.63, 3.8) is 0 Å². The zero-order chi connectivity index (χ0) is 7.98. The molecular weight excluding hydrogens is 140 g/mol. The maximum absolute atomic E-state index is 11.6. The van der Waals surface area contributed by atoms with Crippen LogP contribution in [-0.2, 0) is 4.79 Å². The van der Waals surface area contributed by atoms with E-state index in [0.717, 1.165) is 4.90 Å². The third kappa shape index (κ3) is 4.23. The van der Waals surface area contributed by atoms with E-state index < -0.39 is 13.0 Å². The van der Waals surface area contributed by atoms with Gasteiger partial charge in [0.15, 0.2) is 0 Å². The van der Waals surface area contributed by atoms with Crippen molar-refractivity contribution in [3.05, 3.63) is 0 Å². The second-order valence-electron chi connectivity index (χ2n) is 1.99. The molecule has 0 aromatic carbocycles. The molecule has 0 heterocycles. The Labute approximate surface area is 58.8 Å². The molecule has 0 rings (SSSR count). The van der Waals surface area contributed by atoms with Crippen LogP contribution in [0.2, 0.25) is 0 Å². The van der Waals surface area contributed by atoms with Crippen LogP contribution >= 0.6 is 0 Å². The van der Waals surface area contributed by atoms with Gasteiger partial charge in [0.05, 0.1) is 6.54 Å². The minimum atomic E-state index is -2.42. The lowest BCUT2D eigenvalue weighted by atomic mass is 10.4. The first-order valence-electron chi connectivity index (χ1n) is 3.18. The number of nitrogens with zero attached hydrogens (tertiary/aromatic N) is 1. The summed E-state index contributed by atoms with van der Waals surface area (Å²) < 4.78 is 23.2. The van der Waals surface area contributed by atoms with Crippen LogP contribution in [0.25, 0.3) is 0 Å². The van der Waals surface area contributed by atoms with Gasteiger partial charge in [0, 0.05) is 6.54 Å². The second kappa shape index (κ2) is 5.14. The molecule has 0 saturated carbocycles. The van der Waals surface area contributed by atoms with Crippen molar-refractivity contribution in [2.24, 2.45) is 0 Å². The monoisotopic (exact) mass is 151 g/mol. The molecule has 4 heteroatoms. The number of alkyl halides is 2. The van der Waals surface area contributed by atoms with Crippen LogP contribution in [0, 0.1) is 0 Å². The van der Waals surface area contributed by atoms with E-state index in [4.69, 9.17) is 0 Å². The minimum absolute atomic E-state index is 0.411. The van der Waals surface area contributed by atoms with E-state index in [1.54, 1.807) is 0 Å². The highest BCUT2D eigenvalue weighted by Crippen LogP contribution is 1.96. The van der Waals surface area contributed by atoms with Gasteiger partial charge in [-0.15, -0.1) is 0 Å². The standard InChI is InChI=1S/C6H11F2NO/c1-2-3-9(5-10)4-6(7)8/h5-6H,2-4H2,1H3. The van der Waals surface area contributed by atoms with Crippen molar-refractivity contribution in [2.75, 3.05) is 13.1 Å². The van der Waals surface area contributed by atoms with E-state index >= 15 is 0 Å². The van der Waals surface area contributed by atoms with Crippen LogP contribution in [0.5, 0.6) is 0 Å². The molecular formula is C6H11F2NO. The number of hydrogen-bond acceptors (Lipinski definition) is 1. The predicted molar refractivity (Wildman–Crippen MR) is 33.9 cm³/mol. The Morgan fingerprint density at radius 1 is 1.60 bits per heavy atom. The third-order valence-corrected chi connectivity index (χ3v) is 1.03. The first-order valence-corrected chi connectivity index (χ1v) is 3.18. The molecule has 0 aliphatic rings. The Bertz CT molecular complexity index is 97.7. The predicted octanol–water partition coefficient (Wildman–Crippen LogP) is 1.12. The van der Waals surface area contributed by atoms with Crippen LogP contribution in [0.1, 0.15) is 13.3 Å². The third-order valence-electron chi connectivity index (χ3n) is 1.03. The molecule has 0 aliphatic carbocycles. The summed E-state index contributed by atoms with van der Waals surface area (Å²) in [5.74, 6) is 0. The number of halogens is 2. The summed E-state index contributed by atoms with van der Waals surface area (Å²) in [4.78, 5) is 11.1. The largest absolute Gasteiger partial charge is 0.340 e. The first-order chi connectivity index (χ1) is 4.70. The Morgan fingerprint density at radius 2 is 2.20 bits per heavy atom. The summed E-state index contributed by atoms with van der Waals surface area (Å²) in [5.41, 5.74) is 0. The Kier molecular flexibility index (Phi) is 4.80. The van der Waals surface area contributed by atoms with Crippen molar-refractivity contribution in [3.8, 4) is 0 Å². The van der Waals surface area contributed by atoms with Gasteiger partial charge in [-0.1, -0.05) is 6.92 Å². The molecule has 0 radical (unpaired) electrons. The number of rotatable bonds is 5. The Balaban J connectivity index is 3.49. The van der Waals surface area contributed by atoms with Gasteiger partial charge in [-0.2, -0.15) is 0 Å². The maximum atomic E-state index is 11.6. The normalized spacial score (nSPS) is 10.0. The fraction of sp³-hybridized carbons (Fsp3) is 0.833. The molecule has 0 atom stereocenters. The zero-order valence-electron chi connectivity index (χ0n) is 5.89. The number of carbonyl (C=O) groups is 1.